The lowest BCUT2D eigenvalue weighted by atomic mass is 9.74. The summed E-state index contributed by atoms with van der Waals surface area (Å²) in [6.07, 6.45) is 2.05. The number of amides is 1. The molecule has 1 aromatic heterocycles. The van der Waals surface area contributed by atoms with Gasteiger partial charge in [0.1, 0.15) is 5.56 Å². The van der Waals surface area contributed by atoms with Crippen molar-refractivity contribution in [2.45, 2.75) is 38.1 Å². The Balaban J connectivity index is 2.16. The Morgan fingerprint density at radius 2 is 2.11 bits per heavy atom. The average Bonchev–Trinajstić information content (AvgIpc) is 2.25. The second-order valence-electron chi connectivity index (χ2n) is 5.04. The van der Waals surface area contributed by atoms with Gasteiger partial charge in [-0.2, -0.15) is 0 Å². The van der Waals surface area contributed by atoms with Crippen molar-refractivity contribution in [3.63, 3.8) is 0 Å². The first-order valence-electron chi connectivity index (χ1n) is 6.16. The van der Waals surface area contributed by atoms with Gasteiger partial charge in [-0.05, 0) is 38.3 Å². The molecule has 0 atom stereocenters. The average molecular weight is 264 g/mol. The number of carbonyl (C=O) groups excluding carboxylic acids is 1. The normalized spacial score (nSPS) is 16.5. The van der Waals surface area contributed by atoms with E-state index in [0.29, 0.717) is 18.5 Å². The number of aliphatic carboxylic acids is 1. The molecule has 102 valence electrons. The molecule has 0 aliphatic heterocycles. The van der Waals surface area contributed by atoms with Crippen molar-refractivity contribution in [3.05, 3.63) is 33.7 Å². The number of aromatic amines is 1. The van der Waals surface area contributed by atoms with Gasteiger partial charge in [0.2, 0.25) is 0 Å². The monoisotopic (exact) mass is 264 g/mol. The molecule has 3 N–H and O–H groups in total. The number of rotatable bonds is 4. The van der Waals surface area contributed by atoms with Crippen LogP contribution in [0.1, 0.15) is 41.7 Å². The number of carboxylic acid groups (broad SMARTS) is 1. The maximum atomic E-state index is 12.0. The summed E-state index contributed by atoms with van der Waals surface area (Å²) >= 11 is 0. The fraction of sp³-hybridized carbons (Fsp3) is 0.462. The zero-order valence-corrected chi connectivity index (χ0v) is 10.7. The van der Waals surface area contributed by atoms with E-state index >= 15 is 0 Å². The summed E-state index contributed by atoms with van der Waals surface area (Å²) in [7, 11) is 0. The van der Waals surface area contributed by atoms with E-state index < -0.39 is 23.0 Å². The molecule has 0 bridgehead atoms. The number of H-pyrrole nitrogens is 1. The molecule has 1 heterocycles. The quantitative estimate of drug-likeness (QED) is 0.749. The largest absolute Gasteiger partial charge is 0.481 e. The summed E-state index contributed by atoms with van der Waals surface area (Å²) in [4.78, 5) is 37.1. The van der Waals surface area contributed by atoms with Gasteiger partial charge in [0, 0.05) is 5.69 Å². The van der Waals surface area contributed by atoms with Crippen LogP contribution < -0.4 is 10.9 Å². The molecule has 1 saturated carbocycles. The highest BCUT2D eigenvalue weighted by molar-refractivity contribution is 5.94. The molecule has 1 aromatic rings. The van der Waals surface area contributed by atoms with Gasteiger partial charge in [0.15, 0.2) is 0 Å². The first kappa shape index (κ1) is 13.3. The van der Waals surface area contributed by atoms with Crippen LogP contribution in [0.5, 0.6) is 0 Å². The molecule has 1 aliphatic carbocycles. The number of aromatic nitrogens is 1. The lowest BCUT2D eigenvalue weighted by molar-refractivity contribution is -0.139. The molecule has 19 heavy (non-hydrogen) atoms. The van der Waals surface area contributed by atoms with Gasteiger partial charge in [-0.1, -0.05) is 0 Å². The number of aryl methyl sites for hydroxylation is 1. The predicted molar refractivity (Wildman–Crippen MR) is 68.1 cm³/mol. The van der Waals surface area contributed by atoms with Crippen LogP contribution in [0.2, 0.25) is 0 Å². The molecule has 0 radical (unpaired) electrons. The summed E-state index contributed by atoms with van der Waals surface area (Å²) in [6.45, 7) is 1.72. The van der Waals surface area contributed by atoms with Gasteiger partial charge < -0.3 is 15.4 Å². The van der Waals surface area contributed by atoms with Crippen LogP contribution in [0.15, 0.2) is 16.9 Å². The minimum absolute atomic E-state index is 0.0160. The van der Waals surface area contributed by atoms with Crippen LogP contribution in [0.25, 0.3) is 0 Å². The van der Waals surface area contributed by atoms with E-state index in [-0.39, 0.29) is 12.0 Å². The Bertz CT molecular complexity index is 572. The molecule has 6 heteroatoms. The highest BCUT2D eigenvalue weighted by Gasteiger charge is 2.40. The molecule has 0 unspecified atom stereocenters. The van der Waals surface area contributed by atoms with E-state index in [1.54, 1.807) is 13.0 Å². The topological polar surface area (TPSA) is 99.3 Å². The van der Waals surface area contributed by atoms with Crippen LogP contribution in [-0.4, -0.2) is 27.5 Å². The summed E-state index contributed by atoms with van der Waals surface area (Å²) < 4.78 is 0. The summed E-state index contributed by atoms with van der Waals surface area (Å²) in [5.74, 6) is -1.46. The minimum Gasteiger partial charge on any atom is -0.481 e. The number of carboxylic acids is 1. The van der Waals surface area contributed by atoms with Crippen LogP contribution in [0, 0.1) is 6.92 Å². The summed E-state index contributed by atoms with van der Waals surface area (Å²) in [5.41, 5.74) is -0.463. The number of carbonyl (C=O) groups is 2. The van der Waals surface area contributed by atoms with Gasteiger partial charge in [-0.3, -0.25) is 14.4 Å². The number of nitrogens with one attached hydrogen (secondary N) is 2. The minimum atomic E-state index is -0.946. The third-order valence-corrected chi connectivity index (χ3v) is 3.48. The van der Waals surface area contributed by atoms with Crippen molar-refractivity contribution in [1.82, 2.24) is 10.3 Å². The van der Waals surface area contributed by atoms with E-state index in [1.807, 2.05) is 0 Å². The molecule has 6 nitrogen and oxygen atoms in total. The van der Waals surface area contributed by atoms with Crippen molar-refractivity contribution >= 4 is 11.9 Å². The fourth-order valence-corrected chi connectivity index (χ4v) is 2.30. The molecule has 0 aromatic carbocycles. The third kappa shape index (κ3) is 2.83. The molecular weight excluding hydrogens is 248 g/mol. The first-order chi connectivity index (χ1) is 8.92. The Labute approximate surface area is 109 Å². The van der Waals surface area contributed by atoms with Gasteiger partial charge in [0.25, 0.3) is 11.5 Å². The highest BCUT2D eigenvalue weighted by Crippen LogP contribution is 2.35. The number of pyridine rings is 1. The van der Waals surface area contributed by atoms with Crippen molar-refractivity contribution in [3.8, 4) is 0 Å². The van der Waals surface area contributed by atoms with Crippen molar-refractivity contribution in [1.29, 1.82) is 0 Å². The maximum Gasteiger partial charge on any atom is 0.305 e. The molecule has 1 aliphatic rings. The lowest BCUT2D eigenvalue weighted by Gasteiger charge is -2.41. The highest BCUT2D eigenvalue weighted by atomic mass is 16.4. The molecule has 0 spiro atoms. The van der Waals surface area contributed by atoms with Gasteiger partial charge >= 0.3 is 5.97 Å². The lowest BCUT2D eigenvalue weighted by Crippen LogP contribution is -2.55. The standard InChI is InChI=1S/C13H16N2O4/c1-8-3-4-9(11(18)14-8)12(19)15-13(5-2-6-13)7-10(16)17/h3-4H,2,5-7H2,1H3,(H,14,18)(H,15,19)(H,16,17). The molecular formula is C13H16N2O4. The molecule has 1 amide bonds. The second kappa shape index (κ2) is 4.87. The van der Waals surface area contributed by atoms with Crippen LogP contribution >= 0.6 is 0 Å². The Morgan fingerprint density at radius 1 is 1.42 bits per heavy atom. The maximum absolute atomic E-state index is 12.0. The molecule has 0 saturated heterocycles. The Morgan fingerprint density at radius 3 is 2.58 bits per heavy atom. The molecule has 2 rings (SSSR count). The van der Waals surface area contributed by atoms with Crippen LogP contribution in [-0.2, 0) is 4.79 Å². The van der Waals surface area contributed by atoms with Crippen molar-refractivity contribution in [2.24, 2.45) is 0 Å². The Kier molecular flexibility index (Phi) is 3.42. The molecule has 1 fully saturated rings. The number of hydrogen-bond acceptors (Lipinski definition) is 3. The van der Waals surface area contributed by atoms with Crippen molar-refractivity contribution in [2.75, 3.05) is 0 Å². The summed E-state index contributed by atoms with van der Waals surface area (Å²) in [5, 5.41) is 11.6. The number of hydrogen-bond donors (Lipinski definition) is 3. The van der Waals surface area contributed by atoms with E-state index in [1.165, 1.54) is 6.07 Å². The summed E-state index contributed by atoms with van der Waals surface area (Å²) in [6, 6.07) is 3.09. The zero-order chi connectivity index (χ0) is 14.0. The predicted octanol–water partition coefficient (Wildman–Crippen LogP) is 0.811. The zero-order valence-electron chi connectivity index (χ0n) is 10.7. The van der Waals surface area contributed by atoms with Gasteiger partial charge in [0.05, 0.1) is 12.0 Å². The fourth-order valence-electron chi connectivity index (χ4n) is 2.30. The van der Waals surface area contributed by atoms with E-state index in [4.69, 9.17) is 5.11 Å². The van der Waals surface area contributed by atoms with Gasteiger partial charge in [-0.25, -0.2) is 0 Å². The van der Waals surface area contributed by atoms with E-state index in [0.717, 1.165) is 6.42 Å². The van der Waals surface area contributed by atoms with E-state index in [2.05, 4.69) is 10.3 Å². The Hall–Kier alpha value is -2.11. The third-order valence-electron chi connectivity index (χ3n) is 3.48. The van der Waals surface area contributed by atoms with Crippen molar-refractivity contribution < 1.29 is 14.7 Å². The smallest absolute Gasteiger partial charge is 0.305 e. The first-order valence-corrected chi connectivity index (χ1v) is 6.16. The van der Waals surface area contributed by atoms with Gasteiger partial charge in [-0.15, -0.1) is 0 Å². The SMILES string of the molecule is Cc1ccc(C(=O)NC2(CC(=O)O)CCC2)c(=O)[nH]1. The van der Waals surface area contributed by atoms with E-state index in [9.17, 15) is 14.4 Å². The van der Waals surface area contributed by atoms with Crippen LogP contribution in [0.3, 0.4) is 0 Å². The van der Waals surface area contributed by atoms with Crippen LogP contribution in [0.4, 0.5) is 0 Å². The second-order valence-corrected chi connectivity index (χ2v) is 5.04.